The average molecular weight is 416 g/mol. The summed E-state index contributed by atoms with van der Waals surface area (Å²) in [5.41, 5.74) is 0.645. The minimum Gasteiger partial charge on any atom is -0.480 e. The zero-order chi connectivity index (χ0) is 20.8. The number of carbonyl (C=O) groups is 3. The first-order valence-electron chi connectivity index (χ1n) is 8.87. The lowest BCUT2D eigenvalue weighted by molar-refractivity contribution is -0.157. The van der Waals surface area contributed by atoms with Gasteiger partial charge in [-0.3, -0.25) is 19.8 Å². The van der Waals surface area contributed by atoms with Gasteiger partial charge in [-0.1, -0.05) is 12.1 Å². The molecule has 1 aliphatic rings. The van der Waals surface area contributed by atoms with Crippen LogP contribution >= 0.6 is 11.8 Å². The highest BCUT2D eigenvalue weighted by molar-refractivity contribution is 7.99. The third-order valence-corrected chi connectivity index (χ3v) is 5.23. The van der Waals surface area contributed by atoms with Gasteiger partial charge in [-0.05, 0) is 23.8 Å². The molecule has 29 heavy (non-hydrogen) atoms. The van der Waals surface area contributed by atoms with Crippen LogP contribution in [0.3, 0.4) is 0 Å². The second kappa shape index (κ2) is 9.48. The van der Waals surface area contributed by atoms with Gasteiger partial charge in [-0.15, -0.1) is 11.8 Å². The summed E-state index contributed by atoms with van der Waals surface area (Å²) in [7, 11) is 0. The Morgan fingerprint density at radius 2 is 1.97 bits per heavy atom. The van der Waals surface area contributed by atoms with Crippen LogP contribution in [0.4, 0.5) is 0 Å². The Hall–Kier alpha value is -2.98. The van der Waals surface area contributed by atoms with Crippen molar-refractivity contribution in [2.24, 2.45) is 0 Å². The molecule has 1 fully saturated rings. The van der Waals surface area contributed by atoms with E-state index in [1.807, 2.05) is 0 Å². The predicted octanol–water partition coefficient (Wildman–Crippen LogP) is 1.30. The number of rotatable bonds is 7. The van der Waals surface area contributed by atoms with Gasteiger partial charge in [-0.25, -0.2) is 14.8 Å². The number of nitrogens with one attached hydrogen (secondary N) is 1. The number of aromatic nitrogens is 2. The Morgan fingerprint density at radius 3 is 2.52 bits per heavy atom. The van der Waals surface area contributed by atoms with Gasteiger partial charge in [0.2, 0.25) is 11.8 Å². The molecule has 152 valence electrons. The number of aliphatic carboxylic acids is 1. The number of ether oxygens (including phenoxy) is 1. The number of thioether (sulfide) groups is 1. The van der Waals surface area contributed by atoms with E-state index in [9.17, 15) is 19.5 Å². The number of hydrogen-bond donors (Lipinski definition) is 2. The molecule has 2 heterocycles. The Bertz CT molecular complexity index is 872. The van der Waals surface area contributed by atoms with Gasteiger partial charge in [0.05, 0.1) is 6.04 Å². The van der Waals surface area contributed by atoms with Crippen molar-refractivity contribution in [2.75, 3.05) is 11.6 Å². The van der Waals surface area contributed by atoms with Crippen LogP contribution in [0.1, 0.15) is 12.5 Å². The number of carboxylic acid groups (broad SMARTS) is 1. The molecule has 0 saturated carbocycles. The van der Waals surface area contributed by atoms with Gasteiger partial charge in [0, 0.05) is 37.4 Å². The van der Waals surface area contributed by atoms with Crippen molar-refractivity contribution in [1.82, 2.24) is 20.2 Å². The molecule has 2 amide bonds. The lowest BCUT2D eigenvalue weighted by atomic mass is 10.0. The van der Waals surface area contributed by atoms with Crippen LogP contribution in [0.2, 0.25) is 0 Å². The Morgan fingerprint density at radius 1 is 1.28 bits per heavy atom. The standard InChI is InChI=1S/C19H20N4O5S/c1-12(24)23(17(25)15-10-29-11-22-15)16(18(26)27)9-13-3-5-14(6-4-13)28-19-20-7-2-8-21-19/h2-8,15-16,22H,9-11H2,1H3,(H,26,27)/t15-,16-/m0/s1. The van der Waals surface area contributed by atoms with E-state index >= 15 is 0 Å². The zero-order valence-electron chi connectivity index (χ0n) is 15.6. The maximum absolute atomic E-state index is 12.7. The van der Waals surface area contributed by atoms with Crippen LogP contribution in [0.15, 0.2) is 42.7 Å². The van der Waals surface area contributed by atoms with Crippen molar-refractivity contribution in [3.05, 3.63) is 48.3 Å². The van der Waals surface area contributed by atoms with E-state index in [1.54, 1.807) is 42.7 Å². The van der Waals surface area contributed by atoms with Crippen LogP contribution in [-0.2, 0) is 20.8 Å². The van der Waals surface area contributed by atoms with E-state index in [0.29, 0.717) is 22.9 Å². The normalized spacial score (nSPS) is 16.8. The summed E-state index contributed by atoms with van der Waals surface area (Å²) in [6.45, 7) is 1.20. The molecular weight excluding hydrogens is 396 g/mol. The maximum Gasteiger partial charge on any atom is 0.327 e. The molecular formula is C19H20N4O5S. The molecule has 2 aromatic rings. The third-order valence-electron chi connectivity index (χ3n) is 4.29. The van der Waals surface area contributed by atoms with Gasteiger partial charge < -0.3 is 9.84 Å². The van der Waals surface area contributed by atoms with Crippen molar-refractivity contribution in [2.45, 2.75) is 25.4 Å². The Kier molecular flexibility index (Phi) is 6.78. The van der Waals surface area contributed by atoms with Gasteiger partial charge in [0.25, 0.3) is 0 Å². The van der Waals surface area contributed by atoms with Gasteiger partial charge in [0.15, 0.2) is 0 Å². The molecule has 10 heteroatoms. The fourth-order valence-electron chi connectivity index (χ4n) is 2.90. The third kappa shape index (κ3) is 5.30. The summed E-state index contributed by atoms with van der Waals surface area (Å²) in [6.07, 6.45) is 3.10. The van der Waals surface area contributed by atoms with Gasteiger partial charge in [-0.2, -0.15) is 0 Å². The SMILES string of the molecule is CC(=O)N(C(=O)[C@@H]1CSCN1)[C@@H](Cc1ccc(Oc2ncccn2)cc1)C(=O)O. The second-order valence-corrected chi connectivity index (χ2v) is 7.36. The van der Waals surface area contributed by atoms with Crippen molar-refractivity contribution < 1.29 is 24.2 Å². The van der Waals surface area contributed by atoms with E-state index in [0.717, 1.165) is 4.90 Å². The Balaban J connectivity index is 1.74. The average Bonchev–Trinajstić information content (AvgIpc) is 3.24. The number of imide groups is 1. The first kappa shape index (κ1) is 20.7. The summed E-state index contributed by atoms with van der Waals surface area (Å²) < 4.78 is 5.51. The molecule has 0 radical (unpaired) electrons. The zero-order valence-corrected chi connectivity index (χ0v) is 16.5. The summed E-state index contributed by atoms with van der Waals surface area (Å²) in [6, 6.07) is 6.67. The van der Waals surface area contributed by atoms with Crippen LogP contribution < -0.4 is 10.1 Å². The number of nitrogens with zero attached hydrogens (tertiary/aromatic N) is 3. The molecule has 1 aromatic heterocycles. The summed E-state index contributed by atoms with van der Waals surface area (Å²) in [5, 5.41) is 12.7. The second-order valence-electron chi connectivity index (χ2n) is 6.33. The summed E-state index contributed by atoms with van der Waals surface area (Å²) in [4.78, 5) is 45.5. The van der Waals surface area contributed by atoms with E-state index in [1.165, 1.54) is 18.7 Å². The maximum atomic E-state index is 12.7. The van der Waals surface area contributed by atoms with Crippen LogP contribution in [-0.4, -0.2) is 61.5 Å². The fourth-order valence-corrected chi connectivity index (χ4v) is 3.83. The van der Waals surface area contributed by atoms with Crippen LogP contribution in [0, 0.1) is 0 Å². The number of carboxylic acids is 1. The highest BCUT2D eigenvalue weighted by Gasteiger charge is 2.37. The number of amides is 2. The summed E-state index contributed by atoms with van der Waals surface area (Å²) >= 11 is 1.52. The molecule has 2 atom stereocenters. The smallest absolute Gasteiger partial charge is 0.327 e. The van der Waals surface area contributed by atoms with Gasteiger partial charge >= 0.3 is 12.0 Å². The molecule has 9 nitrogen and oxygen atoms in total. The first-order valence-corrected chi connectivity index (χ1v) is 10.0. The first-order chi connectivity index (χ1) is 14.0. The number of benzene rings is 1. The van der Waals surface area contributed by atoms with Gasteiger partial charge in [0.1, 0.15) is 11.8 Å². The number of carbonyl (C=O) groups excluding carboxylic acids is 2. The minimum atomic E-state index is -1.29. The lowest BCUT2D eigenvalue weighted by Crippen LogP contribution is -2.54. The van der Waals surface area contributed by atoms with E-state index in [4.69, 9.17) is 4.74 Å². The highest BCUT2D eigenvalue weighted by atomic mass is 32.2. The highest BCUT2D eigenvalue weighted by Crippen LogP contribution is 2.20. The Labute approximate surface area is 171 Å². The topological polar surface area (TPSA) is 122 Å². The van der Waals surface area contributed by atoms with Crippen LogP contribution in [0.5, 0.6) is 11.8 Å². The molecule has 0 unspecified atom stereocenters. The molecule has 1 aromatic carbocycles. The molecule has 1 saturated heterocycles. The van der Waals surface area contributed by atoms with Crippen LogP contribution in [0.25, 0.3) is 0 Å². The minimum absolute atomic E-state index is 0.0113. The lowest BCUT2D eigenvalue weighted by Gasteiger charge is -2.28. The summed E-state index contributed by atoms with van der Waals surface area (Å²) in [5.74, 6) is -0.774. The quantitative estimate of drug-likeness (QED) is 0.688. The fraction of sp³-hybridized carbons (Fsp3) is 0.316. The molecule has 2 N–H and O–H groups in total. The number of hydrogen-bond acceptors (Lipinski definition) is 8. The molecule has 0 aliphatic carbocycles. The van der Waals surface area contributed by atoms with E-state index in [-0.39, 0.29) is 12.4 Å². The molecule has 3 rings (SSSR count). The predicted molar refractivity (Wildman–Crippen MR) is 105 cm³/mol. The molecule has 0 bridgehead atoms. The van der Waals surface area contributed by atoms with Crippen molar-refractivity contribution >= 4 is 29.5 Å². The van der Waals surface area contributed by atoms with E-state index < -0.39 is 29.9 Å². The van der Waals surface area contributed by atoms with Crippen molar-refractivity contribution in [3.8, 4) is 11.8 Å². The van der Waals surface area contributed by atoms with E-state index in [2.05, 4.69) is 15.3 Å². The largest absolute Gasteiger partial charge is 0.480 e. The van der Waals surface area contributed by atoms with Crippen molar-refractivity contribution in [3.63, 3.8) is 0 Å². The molecule has 0 spiro atoms. The monoisotopic (exact) mass is 416 g/mol. The van der Waals surface area contributed by atoms with Crippen molar-refractivity contribution in [1.29, 1.82) is 0 Å². The molecule has 1 aliphatic heterocycles.